The van der Waals surface area contributed by atoms with Crippen molar-refractivity contribution < 1.29 is 86.5 Å². The van der Waals surface area contributed by atoms with Crippen molar-refractivity contribution in [1.29, 1.82) is 5.26 Å². The lowest BCUT2D eigenvalue weighted by Crippen LogP contribution is -2.68. The van der Waals surface area contributed by atoms with E-state index in [0.717, 1.165) is 17.0 Å². The van der Waals surface area contributed by atoms with Gasteiger partial charge in [0.15, 0.2) is 35.1 Å². The number of amides is 2. The predicted molar refractivity (Wildman–Crippen MR) is 354 cm³/mol. The van der Waals surface area contributed by atoms with Crippen molar-refractivity contribution in [3.05, 3.63) is 90.3 Å². The number of carbonyl (C=O) groups is 8. The van der Waals surface area contributed by atoms with E-state index in [1.165, 1.54) is 54.7 Å². The molecule has 8 aliphatic heterocycles. The van der Waals surface area contributed by atoms with Gasteiger partial charge in [-0.1, -0.05) is 0 Å². The highest BCUT2D eigenvalue weighted by Crippen LogP contribution is 2.46. The molecule has 2 aromatic heterocycles. The number of piperazine rings is 2. The van der Waals surface area contributed by atoms with Crippen LogP contribution in [0, 0.1) is 23.1 Å². The Kier molecular flexibility index (Phi) is 22.3. The van der Waals surface area contributed by atoms with Crippen molar-refractivity contribution in [3.8, 4) is 17.7 Å². The highest BCUT2D eigenvalue weighted by molar-refractivity contribution is 8.00. The normalized spacial score (nSPS) is 21.8. The third kappa shape index (κ3) is 13.9. The molecule has 4 aromatic rings. The number of aliphatic imine (C=N–C) groups is 3. The largest absolute Gasteiger partial charge is 0.487 e. The average molecular weight is 1450 g/mol. The molecule has 10 heterocycles. The lowest BCUT2D eigenvalue weighted by molar-refractivity contribution is -0.148. The summed E-state index contributed by atoms with van der Waals surface area (Å²) in [6.07, 6.45) is 4.20. The number of hydrogen-bond donors (Lipinski definition) is 8. The molecule has 2 amide bonds. The number of rotatable bonds is 11. The maximum absolute atomic E-state index is 15.6. The van der Waals surface area contributed by atoms with Crippen LogP contribution in [-0.4, -0.2) is 228 Å². The number of nitriles is 1. The second-order valence-corrected chi connectivity index (χ2v) is 24.9. The number of aromatic carboxylic acids is 2. The van der Waals surface area contributed by atoms with Crippen molar-refractivity contribution in [2.24, 2.45) is 37.9 Å². The number of fused-ring (bicyclic) bond motifs is 2. The van der Waals surface area contributed by atoms with Crippen LogP contribution >= 0.6 is 48.3 Å². The number of hydrogen-bond acceptors (Lipinski definition) is 22. The molecule has 40 heteroatoms. The van der Waals surface area contributed by atoms with E-state index < -0.39 is 98.7 Å². The predicted octanol–water partition coefficient (Wildman–Crippen LogP) is 0.413. The molecule has 4 fully saturated rings. The molecule has 2 aromatic carbocycles. The van der Waals surface area contributed by atoms with Crippen molar-refractivity contribution in [2.75, 3.05) is 100 Å². The standard InChI is InChI=1S/C29H31FN8O9S.C19H19FN6O4.C10H12N2O5S.2ClH/c1-12-9-47-23-20-15(22(40)16(26(42)43)8-37(12)20)7-17(30)21(23)35-3-5-36(6-4-35)29(32)34-28(31)33-18-24(41)38-19(27(44)45)14(10-46-13(2)39)11-48-25(18)38;1-10-8-30-17-14-11(16(27)12(18(28)29)7-26(10)14)6-13(20)15(17)24-2-4-25(5-3-24)19(22)23-9-21;1-4(13)17-2-5-3-18-9-6(11)8(14)12(9)7(5)10(15)16;;/h7-8,12,18,25H,3-6,9-11H2,1-2H3,(H,42,43)(H,44,45)(H4,31,32,33,34);6-7,10H,2-5,8H2,1H3,(H2,22,23)(H,28,29);6,9H,2-3,11H2,1H3,(H,15,16);2*1H. The van der Waals surface area contributed by atoms with Gasteiger partial charge in [0.05, 0.1) is 33.9 Å². The van der Waals surface area contributed by atoms with Gasteiger partial charge in [0.1, 0.15) is 77.1 Å². The van der Waals surface area contributed by atoms with E-state index in [0.29, 0.717) is 54.1 Å². The molecule has 0 bridgehead atoms. The topological polar surface area (TPSA) is 483 Å². The number of nitrogens with zero attached hydrogens (tertiary/aromatic N) is 12. The number of halogens is 4. The van der Waals surface area contributed by atoms with Gasteiger partial charge in [-0.3, -0.25) is 38.6 Å². The number of carboxylic acids is 4. The van der Waals surface area contributed by atoms with E-state index in [1.807, 2.05) is 6.92 Å². The van der Waals surface area contributed by atoms with E-state index in [1.54, 1.807) is 41.9 Å². The Morgan fingerprint density at radius 3 is 1.45 bits per heavy atom. The summed E-state index contributed by atoms with van der Waals surface area (Å²) in [5.74, 6) is -7.97. The summed E-state index contributed by atoms with van der Waals surface area (Å²) in [5, 5.41) is 45.3. The zero-order valence-corrected chi connectivity index (χ0v) is 55.5. The maximum atomic E-state index is 15.6. The summed E-state index contributed by atoms with van der Waals surface area (Å²) in [7, 11) is 0. The highest BCUT2D eigenvalue weighted by Gasteiger charge is 2.55. The van der Waals surface area contributed by atoms with Gasteiger partial charge in [-0.25, -0.2) is 33.0 Å². The molecule has 524 valence electrons. The van der Waals surface area contributed by atoms with Crippen LogP contribution in [0.1, 0.15) is 60.5 Å². The first-order valence-electron chi connectivity index (χ1n) is 29.3. The van der Waals surface area contributed by atoms with Gasteiger partial charge in [-0.05, 0) is 26.0 Å². The minimum absolute atomic E-state index is 0. The zero-order chi connectivity index (χ0) is 69.6. The van der Waals surface area contributed by atoms with Gasteiger partial charge in [-0.2, -0.15) is 10.3 Å². The molecule has 6 atom stereocenters. The number of esters is 2. The molecule has 34 nitrogen and oxygen atoms in total. The van der Waals surface area contributed by atoms with Gasteiger partial charge in [0.25, 0.3) is 5.91 Å². The number of carboxylic acid groups (broad SMARTS) is 4. The van der Waals surface area contributed by atoms with E-state index in [-0.39, 0.29) is 164 Å². The van der Waals surface area contributed by atoms with Crippen molar-refractivity contribution in [3.63, 3.8) is 0 Å². The Morgan fingerprint density at radius 1 is 0.643 bits per heavy atom. The first-order valence-corrected chi connectivity index (χ1v) is 31.4. The molecule has 4 saturated heterocycles. The van der Waals surface area contributed by atoms with Crippen LogP contribution in [0.4, 0.5) is 20.2 Å². The van der Waals surface area contributed by atoms with Crippen molar-refractivity contribution in [2.45, 2.75) is 62.6 Å². The van der Waals surface area contributed by atoms with Crippen molar-refractivity contribution in [1.82, 2.24) is 28.7 Å². The summed E-state index contributed by atoms with van der Waals surface area (Å²) in [6, 6.07) is -0.0435. The molecule has 6 unspecified atom stereocenters. The number of guanidine groups is 3. The number of benzene rings is 2. The highest BCUT2D eigenvalue weighted by atomic mass is 35.5. The number of carbonyl (C=O) groups excluding carboxylic acids is 4. The van der Waals surface area contributed by atoms with Crippen LogP contribution in [0.3, 0.4) is 0 Å². The number of pyridine rings is 2. The van der Waals surface area contributed by atoms with E-state index in [4.69, 9.17) is 52.3 Å². The van der Waals surface area contributed by atoms with E-state index >= 15 is 8.78 Å². The van der Waals surface area contributed by atoms with Gasteiger partial charge in [0, 0.05) is 101 Å². The summed E-state index contributed by atoms with van der Waals surface area (Å²) < 4.78 is 55.6. The Labute approximate surface area is 573 Å². The molecule has 0 spiro atoms. The smallest absolute Gasteiger partial charge is 0.352 e. The van der Waals surface area contributed by atoms with Gasteiger partial charge in [-0.15, -0.1) is 53.3 Å². The Bertz CT molecular complexity index is 4360. The molecule has 12 N–H and O–H groups in total. The molecular formula is C58H64Cl2F2N16O18S2. The SMILES string of the molecule is CC(=O)OCC1=C(C(=O)O)N2C(=O)C(N)C2SC1.CC(=O)OCC1=C(C(=O)O)N2C(=O)C(N=C(N)N=C(N)N3CCN(c4c(F)cc5c(=O)c(C(=O)O)cn6c5c4OCC6C)CC3)C2SC1.CC1COc2c(N3CCN(C(N)=NC#N)CC3)c(F)cc3c(=O)c(C(=O)O)cn1c23.Cl.Cl. The fraction of sp³-hybridized carbons (Fsp3) is 0.414. The molecule has 98 heavy (non-hydrogen) atoms. The number of anilines is 2. The summed E-state index contributed by atoms with van der Waals surface area (Å²) >= 11 is 2.63. The van der Waals surface area contributed by atoms with Crippen LogP contribution in [0.2, 0.25) is 0 Å². The minimum Gasteiger partial charge on any atom is -0.487 e. The monoisotopic (exact) mass is 1440 g/mol. The summed E-state index contributed by atoms with van der Waals surface area (Å²) in [4.78, 5) is 139. The second-order valence-electron chi connectivity index (χ2n) is 22.7. The summed E-state index contributed by atoms with van der Waals surface area (Å²) in [5.41, 5.74) is 22.6. The number of aromatic nitrogens is 2. The van der Waals surface area contributed by atoms with Gasteiger partial charge in [0.2, 0.25) is 34.9 Å². The third-order valence-electron chi connectivity index (χ3n) is 16.7. The quantitative estimate of drug-likeness (QED) is 0.0331. The fourth-order valence-electron chi connectivity index (χ4n) is 11.9. The van der Waals surface area contributed by atoms with Crippen LogP contribution in [-0.2, 0) is 38.2 Å². The first kappa shape index (κ1) is 73.7. The second kappa shape index (κ2) is 29.7. The number of β-lactam (4-membered cyclic amide) rings is 2. The van der Waals surface area contributed by atoms with Gasteiger partial charge >= 0.3 is 35.8 Å². The molecule has 0 saturated carbocycles. The number of aliphatic carboxylic acids is 2. The average Bonchev–Trinajstić information content (AvgIpc) is 0.757. The van der Waals surface area contributed by atoms with Crippen molar-refractivity contribution >= 4 is 147 Å². The Balaban J connectivity index is 0.000000208. The maximum Gasteiger partial charge on any atom is 0.352 e. The number of nitrogens with two attached hydrogens (primary N) is 4. The van der Waals surface area contributed by atoms with E-state index in [2.05, 4.69) is 15.0 Å². The lowest BCUT2D eigenvalue weighted by Gasteiger charge is -2.47. The molecule has 12 rings (SSSR count). The zero-order valence-electron chi connectivity index (χ0n) is 52.2. The number of thioether (sulfide) groups is 2. The van der Waals surface area contributed by atoms with Crippen LogP contribution in [0.15, 0.2) is 71.6 Å². The molecule has 8 aliphatic rings. The fourth-order valence-corrected chi connectivity index (χ4v) is 14.5. The first-order chi connectivity index (χ1) is 45.5. The van der Waals surface area contributed by atoms with Crippen LogP contribution in [0.25, 0.3) is 21.8 Å². The third-order valence-corrected chi connectivity index (χ3v) is 19.3. The lowest BCUT2D eigenvalue weighted by atomic mass is 10.0. The Hall–Kier alpha value is -10.1. The minimum atomic E-state index is -1.40. The van der Waals surface area contributed by atoms with Crippen LogP contribution < -0.4 is 53.1 Å². The molecule has 0 radical (unpaired) electrons. The molecular weight excluding hydrogens is 1380 g/mol. The number of ether oxygens (including phenoxy) is 4. The molecule has 0 aliphatic carbocycles. The van der Waals surface area contributed by atoms with Gasteiger partial charge < -0.3 is 91.0 Å². The Morgan fingerprint density at radius 2 is 1.05 bits per heavy atom. The van der Waals surface area contributed by atoms with E-state index in [9.17, 15) is 63.3 Å². The van der Waals surface area contributed by atoms with Crippen LogP contribution in [0.5, 0.6) is 11.5 Å². The summed E-state index contributed by atoms with van der Waals surface area (Å²) in [6.45, 7) is 8.82.